The zero-order valence-electron chi connectivity index (χ0n) is 8.84. The number of hydrogen-bond acceptors (Lipinski definition) is 3. The van der Waals surface area contributed by atoms with Crippen LogP contribution in [0.5, 0.6) is 0 Å². The molecule has 0 aliphatic heterocycles. The number of aromatic nitrogens is 2. The summed E-state index contributed by atoms with van der Waals surface area (Å²) in [6.07, 6.45) is 1.14. The zero-order valence-corrected chi connectivity index (χ0v) is 8.84. The minimum Gasteiger partial charge on any atom is -0.383 e. The van der Waals surface area contributed by atoms with E-state index in [1.165, 1.54) is 0 Å². The first-order valence-corrected chi connectivity index (χ1v) is 4.72. The second-order valence-electron chi connectivity index (χ2n) is 3.48. The number of anilines is 1. The third-order valence-electron chi connectivity index (χ3n) is 2.39. The van der Waals surface area contributed by atoms with E-state index in [-0.39, 0.29) is 17.1 Å². The smallest absolute Gasteiger partial charge is 0.161 e. The number of rotatable bonds is 1. The van der Waals surface area contributed by atoms with E-state index in [9.17, 15) is 13.2 Å². The third-order valence-corrected chi connectivity index (χ3v) is 2.39. The van der Waals surface area contributed by atoms with Crippen molar-refractivity contribution in [1.29, 1.82) is 0 Å². The Labute approximate surface area is 95.1 Å². The Bertz CT molecular complexity index is 584. The van der Waals surface area contributed by atoms with Crippen LogP contribution in [0.4, 0.5) is 19.0 Å². The Balaban J connectivity index is 2.69. The van der Waals surface area contributed by atoms with Gasteiger partial charge in [-0.3, -0.25) is 0 Å². The van der Waals surface area contributed by atoms with Gasteiger partial charge in [0.2, 0.25) is 0 Å². The molecule has 6 heteroatoms. The van der Waals surface area contributed by atoms with Crippen LogP contribution in [0.2, 0.25) is 0 Å². The molecule has 2 rings (SSSR count). The molecule has 0 radical (unpaired) electrons. The highest BCUT2D eigenvalue weighted by atomic mass is 19.2. The Morgan fingerprint density at radius 3 is 2.35 bits per heavy atom. The molecule has 0 unspecified atom stereocenters. The molecule has 0 amide bonds. The first-order valence-electron chi connectivity index (χ1n) is 4.72. The van der Waals surface area contributed by atoms with Gasteiger partial charge in [-0.05, 0) is 13.0 Å². The van der Waals surface area contributed by atoms with Gasteiger partial charge >= 0.3 is 0 Å². The normalized spacial score (nSPS) is 10.6. The topological polar surface area (TPSA) is 51.8 Å². The molecule has 2 N–H and O–H groups in total. The van der Waals surface area contributed by atoms with Gasteiger partial charge < -0.3 is 5.73 Å². The molecule has 0 spiro atoms. The van der Waals surface area contributed by atoms with Gasteiger partial charge in [0.05, 0.1) is 5.69 Å². The van der Waals surface area contributed by atoms with Gasteiger partial charge in [-0.1, -0.05) is 0 Å². The Hall–Kier alpha value is -2.11. The SMILES string of the molecule is Cc1c(N)ncnc1-c1cc(F)c(F)cc1F. The van der Waals surface area contributed by atoms with Crippen LogP contribution < -0.4 is 5.73 Å². The lowest BCUT2D eigenvalue weighted by Crippen LogP contribution is -2.00. The summed E-state index contributed by atoms with van der Waals surface area (Å²) in [7, 11) is 0. The third kappa shape index (κ3) is 1.93. The van der Waals surface area contributed by atoms with Crippen LogP contribution >= 0.6 is 0 Å². The molecule has 0 bridgehead atoms. The molecule has 17 heavy (non-hydrogen) atoms. The molecule has 0 fully saturated rings. The number of nitrogen functional groups attached to an aromatic ring is 1. The highest BCUT2D eigenvalue weighted by Gasteiger charge is 2.15. The van der Waals surface area contributed by atoms with Crippen LogP contribution in [0.1, 0.15) is 5.56 Å². The van der Waals surface area contributed by atoms with Crippen molar-refractivity contribution in [3.05, 3.63) is 41.5 Å². The molecule has 0 saturated carbocycles. The highest BCUT2D eigenvalue weighted by Crippen LogP contribution is 2.27. The van der Waals surface area contributed by atoms with Gasteiger partial charge in [-0.25, -0.2) is 23.1 Å². The molecule has 0 aliphatic carbocycles. The van der Waals surface area contributed by atoms with Gasteiger partial charge in [0.15, 0.2) is 11.6 Å². The largest absolute Gasteiger partial charge is 0.383 e. The minimum absolute atomic E-state index is 0.143. The van der Waals surface area contributed by atoms with Gasteiger partial charge in [-0.2, -0.15) is 0 Å². The van der Waals surface area contributed by atoms with E-state index in [2.05, 4.69) is 9.97 Å². The molecule has 0 atom stereocenters. The lowest BCUT2D eigenvalue weighted by atomic mass is 10.1. The summed E-state index contributed by atoms with van der Waals surface area (Å²) in [6.45, 7) is 1.57. The number of nitrogens with zero attached hydrogens (tertiary/aromatic N) is 2. The number of halogens is 3. The van der Waals surface area contributed by atoms with E-state index >= 15 is 0 Å². The standard InChI is InChI=1S/C11H8F3N3/c1-5-10(16-4-17-11(5)15)6-2-8(13)9(14)3-7(6)12/h2-4H,1H3,(H2,15,16,17). The summed E-state index contributed by atoms with van der Waals surface area (Å²) in [4.78, 5) is 7.53. The summed E-state index contributed by atoms with van der Waals surface area (Å²) in [5.74, 6) is -3.12. The fraction of sp³-hybridized carbons (Fsp3) is 0.0909. The Kier molecular flexibility index (Phi) is 2.71. The van der Waals surface area contributed by atoms with Crippen LogP contribution in [0, 0.1) is 24.4 Å². The molecule has 0 aliphatic rings. The van der Waals surface area contributed by atoms with Crippen LogP contribution in [0.25, 0.3) is 11.3 Å². The van der Waals surface area contributed by atoms with Crippen molar-refractivity contribution in [2.75, 3.05) is 5.73 Å². The quantitative estimate of drug-likeness (QED) is 0.777. The minimum atomic E-state index is -1.24. The summed E-state index contributed by atoms with van der Waals surface area (Å²) in [5, 5.41) is 0. The maximum Gasteiger partial charge on any atom is 0.161 e. The lowest BCUT2D eigenvalue weighted by molar-refractivity contribution is 0.496. The van der Waals surface area contributed by atoms with E-state index in [1.807, 2.05) is 0 Å². The molecule has 1 heterocycles. The molecule has 3 nitrogen and oxygen atoms in total. The van der Waals surface area contributed by atoms with Crippen molar-refractivity contribution in [1.82, 2.24) is 9.97 Å². The van der Waals surface area contributed by atoms with E-state index in [0.29, 0.717) is 11.6 Å². The summed E-state index contributed by atoms with van der Waals surface area (Å²) < 4.78 is 39.4. The average Bonchev–Trinajstić information content (AvgIpc) is 2.28. The molecule has 0 saturated heterocycles. The average molecular weight is 239 g/mol. The van der Waals surface area contributed by atoms with Gasteiger partial charge in [0.25, 0.3) is 0 Å². The predicted octanol–water partition coefficient (Wildman–Crippen LogP) is 2.45. The van der Waals surface area contributed by atoms with E-state index in [4.69, 9.17) is 5.73 Å². The second-order valence-corrected chi connectivity index (χ2v) is 3.48. The molecular weight excluding hydrogens is 231 g/mol. The summed E-state index contributed by atoms with van der Waals surface area (Å²) >= 11 is 0. The van der Waals surface area contributed by atoms with E-state index in [0.717, 1.165) is 12.4 Å². The predicted molar refractivity (Wildman–Crippen MR) is 56.5 cm³/mol. The molecule has 2 aromatic rings. The van der Waals surface area contributed by atoms with Crippen molar-refractivity contribution >= 4 is 5.82 Å². The Morgan fingerprint density at radius 1 is 1.00 bits per heavy atom. The van der Waals surface area contributed by atoms with Crippen molar-refractivity contribution in [2.24, 2.45) is 0 Å². The molecule has 88 valence electrons. The lowest BCUT2D eigenvalue weighted by Gasteiger charge is -2.07. The summed E-state index contributed by atoms with van der Waals surface area (Å²) in [5.41, 5.74) is 5.95. The van der Waals surface area contributed by atoms with Crippen molar-refractivity contribution < 1.29 is 13.2 Å². The van der Waals surface area contributed by atoms with Crippen molar-refractivity contribution in [3.8, 4) is 11.3 Å². The molecule has 1 aromatic heterocycles. The second kappa shape index (κ2) is 4.04. The van der Waals surface area contributed by atoms with Crippen molar-refractivity contribution in [2.45, 2.75) is 6.92 Å². The first kappa shape index (κ1) is 11.4. The van der Waals surface area contributed by atoms with Gasteiger partial charge in [-0.15, -0.1) is 0 Å². The van der Waals surface area contributed by atoms with Crippen LogP contribution in [-0.4, -0.2) is 9.97 Å². The van der Waals surface area contributed by atoms with Gasteiger partial charge in [0.1, 0.15) is 18.0 Å². The fourth-order valence-electron chi connectivity index (χ4n) is 1.44. The highest BCUT2D eigenvalue weighted by molar-refractivity contribution is 5.67. The van der Waals surface area contributed by atoms with Crippen LogP contribution in [-0.2, 0) is 0 Å². The zero-order chi connectivity index (χ0) is 12.6. The molecule has 1 aromatic carbocycles. The Morgan fingerprint density at radius 2 is 1.65 bits per heavy atom. The maximum absolute atomic E-state index is 13.5. The maximum atomic E-state index is 13.5. The first-order chi connectivity index (χ1) is 8.00. The monoisotopic (exact) mass is 239 g/mol. The van der Waals surface area contributed by atoms with Crippen LogP contribution in [0.15, 0.2) is 18.5 Å². The fourth-order valence-corrected chi connectivity index (χ4v) is 1.44. The van der Waals surface area contributed by atoms with E-state index in [1.54, 1.807) is 6.92 Å². The van der Waals surface area contributed by atoms with Crippen LogP contribution in [0.3, 0.4) is 0 Å². The number of hydrogen-bond donors (Lipinski definition) is 1. The summed E-state index contributed by atoms with van der Waals surface area (Å²) in [6, 6.07) is 1.22. The number of benzene rings is 1. The van der Waals surface area contributed by atoms with E-state index < -0.39 is 17.5 Å². The van der Waals surface area contributed by atoms with Crippen molar-refractivity contribution in [3.63, 3.8) is 0 Å². The molecular formula is C11H8F3N3. The van der Waals surface area contributed by atoms with Gasteiger partial charge in [0, 0.05) is 17.2 Å². The number of nitrogens with two attached hydrogens (primary N) is 1.